The van der Waals surface area contributed by atoms with Crippen LogP contribution in [0.1, 0.15) is 30.0 Å². The second-order valence-electron chi connectivity index (χ2n) is 8.44. The molecule has 2 aliphatic rings. The van der Waals surface area contributed by atoms with E-state index < -0.39 is 42.8 Å². The third kappa shape index (κ3) is 3.33. The van der Waals surface area contributed by atoms with Gasteiger partial charge in [0.1, 0.15) is 12.2 Å². The van der Waals surface area contributed by atoms with E-state index in [1.54, 1.807) is 0 Å². The Labute approximate surface area is 189 Å². The topological polar surface area (TPSA) is 73.6 Å². The molecule has 0 fully saturated rings. The Morgan fingerprint density at radius 1 is 1.24 bits per heavy atom. The number of alkyl halides is 5. The van der Waals surface area contributed by atoms with E-state index in [1.165, 1.54) is 17.6 Å². The van der Waals surface area contributed by atoms with Gasteiger partial charge >= 0.3 is 12.1 Å². The van der Waals surface area contributed by atoms with Gasteiger partial charge in [-0.15, -0.1) is 0 Å². The Morgan fingerprint density at radius 2 is 1.97 bits per heavy atom. The van der Waals surface area contributed by atoms with Crippen LogP contribution in [0.4, 0.5) is 22.0 Å². The predicted molar refractivity (Wildman–Crippen MR) is 110 cm³/mol. The fraction of sp³-hybridized carbons (Fsp3) is 0.391. The number of rotatable bonds is 4. The average Bonchev–Trinajstić information content (AvgIpc) is 3.14. The standard InChI is InChI=1S/C23H19F5N2O4/c1-2-21(32)15-8-17-18-13(7-12-5-3-4-6-16(12)29-18)9-30(17)19(31)14(15)10-33-20(21)34-11-22(24,25)23(26,27)28/h3-8,20,32H,2,9-11H2,1H3/t20-,21-/m0/s1. The molecule has 11 heteroatoms. The van der Waals surface area contributed by atoms with Crippen LogP contribution in [0.2, 0.25) is 0 Å². The van der Waals surface area contributed by atoms with Gasteiger partial charge in [-0.1, -0.05) is 25.1 Å². The summed E-state index contributed by atoms with van der Waals surface area (Å²) in [6.07, 6.45) is -7.81. The molecule has 5 rings (SSSR count). The molecule has 2 aromatic heterocycles. The zero-order valence-electron chi connectivity index (χ0n) is 17.8. The summed E-state index contributed by atoms with van der Waals surface area (Å²) >= 11 is 0. The molecular weight excluding hydrogens is 463 g/mol. The zero-order valence-corrected chi connectivity index (χ0v) is 17.8. The average molecular weight is 482 g/mol. The molecule has 2 atom stereocenters. The van der Waals surface area contributed by atoms with Crippen molar-refractivity contribution in [3.8, 4) is 11.4 Å². The van der Waals surface area contributed by atoms with Crippen LogP contribution in [0.5, 0.6) is 0 Å². The summed E-state index contributed by atoms with van der Waals surface area (Å²) in [6, 6.07) is 10.8. The Kier molecular flexibility index (Phi) is 5.08. The molecule has 0 spiro atoms. The molecule has 2 aliphatic heterocycles. The molecule has 0 aliphatic carbocycles. The van der Waals surface area contributed by atoms with Gasteiger partial charge in [-0.2, -0.15) is 22.0 Å². The van der Waals surface area contributed by atoms with Gasteiger partial charge in [0.15, 0.2) is 6.29 Å². The monoisotopic (exact) mass is 482 g/mol. The molecule has 34 heavy (non-hydrogen) atoms. The molecule has 0 amide bonds. The van der Waals surface area contributed by atoms with Crippen molar-refractivity contribution in [1.82, 2.24) is 9.55 Å². The number of hydrogen-bond donors (Lipinski definition) is 1. The number of hydrogen-bond acceptors (Lipinski definition) is 5. The predicted octanol–water partition coefficient (Wildman–Crippen LogP) is 4.09. The van der Waals surface area contributed by atoms with E-state index in [9.17, 15) is 31.9 Å². The van der Waals surface area contributed by atoms with Crippen molar-refractivity contribution in [3.63, 3.8) is 0 Å². The van der Waals surface area contributed by atoms with Crippen LogP contribution in [-0.4, -0.2) is 39.7 Å². The Morgan fingerprint density at radius 3 is 2.68 bits per heavy atom. The number of halogens is 5. The third-order valence-electron chi connectivity index (χ3n) is 6.38. The van der Waals surface area contributed by atoms with Crippen LogP contribution >= 0.6 is 0 Å². The van der Waals surface area contributed by atoms with Gasteiger partial charge in [0.05, 0.1) is 30.1 Å². The lowest BCUT2D eigenvalue weighted by Gasteiger charge is -2.40. The Bertz CT molecular complexity index is 1350. The highest BCUT2D eigenvalue weighted by molar-refractivity contribution is 5.84. The summed E-state index contributed by atoms with van der Waals surface area (Å²) in [5, 5.41) is 12.2. The molecule has 0 saturated heterocycles. The van der Waals surface area contributed by atoms with Crippen LogP contribution in [0.15, 0.2) is 41.2 Å². The SMILES string of the molecule is CC[C@]1(O)c2cc3n(c(=O)c2CO[C@H]1OCC(F)(F)C(F)(F)F)Cc1cc2ccccc2nc1-3. The molecule has 3 aromatic rings. The molecule has 0 saturated carbocycles. The van der Waals surface area contributed by atoms with Crippen molar-refractivity contribution in [2.45, 2.75) is 50.5 Å². The molecular formula is C23H19F5N2O4. The van der Waals surface area contributed by atoms with Gasteiger partial charge < -0.3 is 19.1 Å². The second kappa shape index (κ2) is 7.56. The minimum absolute atomic E-state index is 0.0700. The quantitative estimate of drug-likeness (QED) is 0.444. The fourth-order valence-corrected chi connectivity index (χ4v) is 4.47. The Balaban J connectivity index is 1.57. The first kappa shape index (κ1) is 22.9. The van der Waals surface area contributed by atoms with Crippen molar-refractivity contribution in [1.29, 1.82) is 0 Å². The van der Waals surface area contributed by atoms with Crippen molar-refractivity contribution in [2.75, 3.05) is 6.61 Å². The lowest BCUT2D eigenvalue weighted by atomic mass is 9.85. The summed E-state index contributed by atoms with van der Waals surface area (Å²) in [5.74, 6) is -5.13. The highest BCUT2D eigenvalue weighted by Gasteiger charge is 2.59. The van der Waals surface area contributed by atoms with Crippen LogP contribution in [0, 0.1) is 0 Å². The Hall–Kier alpha value is -2.89. The van der Waals surface area contributed by atoms with Gasteiger partial charge in [-0.3, -0.25) is 4.79 Å². The molecule has 0 radical (unpaired) electrons. The molecule has 1 N–H and O–H groups in total. The number of para-hydroxylation sites is 1. The van der Waals surface area contributed by atoms with E-state index in [-0.39, 0.29) is 24.1 Å². The fourth-order valence-electron chi connectivity index (χ4n) is 4.47. The summed E-state index contributed by atoms with van der Waals surface area (Å²) in [6.45, 7) is -0.706. The maximum Gasteiger partial charge on any atom is 0.455 e. The zero-order chi connectivity index (χ0) is 24.5. The number of ether oxygens (including phenoxy) is 2. The first-order chi connectivity index (χ1) is 16.0. The van der Waals surface area contributed by atoms with E-state index in [1.807, 2.05) is 30.3 Å². The molecule has 4 heterocycles. The van der Waals surface area contributed by atoms with Crippen molar-refractivity contribution in [2.24, 2.45) is 0 Å². The molecule has 1 aromatic carbocycles. The smallest absolute Gasteiger partial charge is 0.380 e. The van der Waals surface area contributed by atoms with Crippen molar-refractivity contribution in [3.05, 3.63) is 63.4 Å². The molecule has 6 nitrogen and oxygen atoms in total. The van der Waals surface area contributed by atoms with Crippen LogP contribution in [-0.2, 0) is 28.2 Å². The van der Waals surface area contributed by atoms with Gasteiger partial charge in [0, 0.05) is 22.1 Å². The number of aliphatic hydroxyl groups is 1. The number of pyridine rings is 2. The van der Waals surface area contributed by atoms with Crippen molar-refractivity contribution >= 4 is 10.9 Å². The molecule has 0 unspecified atom stereocenters. The largest absolute Gasteiger partial charge is 0.455 e. The lowest BCUT2D eigenvalue weighted by Crippen LogP contribution is -2.51. The third-order valence-corrected chi connectivity index (χ3v) is 6.38. The maximum absolute atomic E-state index is 13.4. The summed E-state index contributed by atoms with van der Waals surface area (Å²) in [4.78, 5) is 17.9. The first-order valence-corrected chi connectivity index (χ1v) is 10.5. The van der Waals surface area contributed by atoms with E-state index in [4.69, 9.17) is 9.47 Å². The second-order valence-corrected chi connectivity index (χ2v) is 8.44. The highest BCUT2D eigenvalue weighted by Crippen LogP contribution is 2.42. The minimum Gasteiger partial charge on any atom is -0.380 e. The maximum atomic E-state index is 13.4. The normalized spacial score (nSPS) is 21.9. The number of aromatic nitrogens is 2. The van der Waals surface area contributed by atoms with Gasteiger partial charge in [0.25, 0.3) is 5.56 Å². The van der Waals surface area contributed by atoms with Gasteiger partial charge in [0.2, 0.25) is 0 Å². The lowest BCUT2D eigenvalue weighted by molar-refractivity contribution is -0.330. The number of nitrogens with zero attached hydrogens (tertiary/aromatic N) is 2. The van der Waals surface area contributed by atoms with E-state index >= 15 is 0 Å². The van der Waals surface area contributed by atoms with Gasteiger partial charge in [-0.05, 0) is 24.6 Å². The van der Waals surface area contributed by atoms with Crippen LogP contribution < -0.4 is 5.56 Å². The van der Waals surface area contributed by atoms with Crippen molar-refractivity contribution < 1.29 is 36.5 Å². The first-order valence-electron chi connectivity index (χ1n) is 10.5. The van der Waals surface area contributed by atoms with E-state index in [0.717, 1.165) is 10.9 Å². The molecule has 180 valence electrons. The number of benzene rings is 1. The molecule has 0 bridgehead atoms. The summed E-state index contributed by atoms with van der Waals surface area (Å²) < 4.78 is 76.1. The summed E-state index contributed by atoms with van der Waals surface area (Å²) in [7, 11) is 0. The van der Waals surface area contributed by atoms with E-state index in [0.29, 0.717) is 16.9 Å². The number of fused-ring (bicyclic) bond motifs is 5. The van der Waals surface area contributed by atoms with Crippen LogP contribution in [0.25, 0.3) is 22.3 Å². The van der Waals surface area contributed by atoms with Gasteiger partial charge in [-0.25, -0.2) is 4.98 Å². The summed E-state index contributed by atoms with van der Waals surface area (Å²) in [5.41, 5.74) is 0.0152. The highest BCUT2D eigenvalue weighted by atomic mass is 19.4. The van der Waals surface area contributed by atoms with E-state index in [2.05, 4.69) is 4.98 Å². The minimum atomic E-state index is -5.82. The van der Waals surface area contributed by atoms with Crippen LogP contribution in [0.3, 0.4) is 0 Å².